The van der Waals surface area contributed by atoms with Gasteiger partial charge in [-0.1, -0.05) is 25.1 Å². The van der Waals surface area contributed by atoms with Crippen LogP contribution in [0.5, 0.6) is 0 Å². The summed E-state index contributed by atoms with van der Waals surface area (Å²) in [5.74, 6) is -0.887. The average molecular weight is 383 g/mol. The molecule has 0 amide bonds. The first kappa shape index (κ1) is 19.0. The second-order valence-electron chi connectivity index (χ2n) is 6.31. The Morgan fingerprint density at radius 2 is 1.89 bits per heavy atom. The van der Waals surface area contributed by atoms with Gasteiger partial charge in [0.1, 0.15) is 0 Å². The lowest BCUT2D eigenvalue weighted by Gasteiger charge is -2.04. The number of esters is 1. The van der Waals surface area contributed by atoms with Crippen LogP contribution in [0.25, 0.3) is 10.9 Å². The topological polar surface area (TPSA) is 76.2 Å². The molecule has 0 unspecified atom stereocenters. The summed E-state index contributed by atoms with van der Waals surface area (Å²) in [5.41, 5.74) is 2.58. The molecular weight excluding hydrogens is 362 g/mol. The molecule has 2 heterocycles. The zero-order valence-corrected chi connectivity index (χ0v) is 16.2. The first-order valence-electron chi connectivity index (χ1n) is 8.87. The molecule has 0 aliphatic carbocycles. The first-order chi connectivity index (χ1) is 13.0. The minimum absolute atomic E-state index is 0.0308. The van der Waals surface area contributed by atoms with Crippen LogP contribution in [-0.2, 0) is 16.0 Å². The first-order valence-corrected chi connectivity index (χ1v) is 9.68. The molecule has 0 aliphatic rings. The van der Waals surface area contributed by atoms with E-state index < -0.39 is 5.97 Å². The largest absolute Gasteiger partial charge is 0.457 e. The number of thiophene rings is 1. The summed E-state index contributed by atoms with van der Waals surface area (Å²) in [6.07, 6.45) is 2.57. The molecule has 3 aromatic rings. The molecule has 3 rings (SSSR count). The highest BCUT2D eigenvalue weighted by Gasteiger charge is 2.17. The molecule has 140 valence electrons. The molecule has 0 bridgehead atoms. The number of rotatable bonds is 8. The van der Waals surface area contributed by atoms with Crippen LogP contribution >= 0.6 is 11.3 Å². The van der Waals surface area contributed by atoms with E-state index in [1.165, 1.54) is 11.3 Å². The predicted octanol–water partition coefficient (Wildman–Crippen LogP) is 4.49. The lowest BCUT2D eigenvalue weighted by molar-refractivity contribution is -0.142. The molecule has 6 heteroatoms. The Labute approximate surface area is 161 Å². The fourth-order valence-corrected chi connectivity index (χ4v) is 3.80. The van der Waals surface area contributed by atoms with E-state index in [2.05, 4.69) is 11.9 Å². The van der Waals surface area contributed by atoms with Crippen LogP contribution in [0.3, 0.4) is 0 Å². The smallest absolute Gasteiger partial charge is 0.306 e. The molecule has 0 aliphatic heterocycles. The molecule has 0 radical (unpaired) electrons. The number of hydrogen-bond donors (Lipinski definition) is 1. The number of Topliss-reactive ketones (excluding diaryl/α,β-unsaturated/α-hetero) is 2. The van der Waals surface area contributed by atoms with Gasteiger partial charge in [0.05, 0.1) is 11.3 Å². The third-order valence-electron chi connectivity index (χ3n) is 4.42. The van der Waals surface area contributed by atoms with Crippen LogP contribution in [0.1, 0.15) is 50.2 Å². The summed E-state index contributed by atoms with van der Waals surface area (Å²) in [6, 6.07) is 9.44. The number of aryl methyl sites for hydroxylation is 2. The number of carbonyl (C=O) groups excluding carboxylic acids is 3. The van der Waals surface area contributed by atoms with E-state index >= 15 is 0 Å². The standard InChI is InChI=1S/C21H21NO4S/c1-3-14-5-4-6-15-16(11-22-21(14)15)18(24)12-26-20(25)10-8-17(23)19-9-7-13(2)27-19/h4-7,9,11,22H,3,8,10,12H2,1-2H3. The highest BCUT2D eigenvalue weighted by molar-refractivity contribution is 7.14. The monoisotopic (exact) mass is 383 g/mol. The van der Waals surface area contributed by atoms with Crippen LogP contribution in [0.2, 0.25) is 0 Å². The van der Waals surface area contributed by atoms with E-state index in [4.69, 9.17) is 4.74 Å². The van der Waals surface area contributed by atoms with Crippen molar-refractivity contribution in [1.82, 2.24) is 4.98 Å². The van der Waals surface area contributed by atoms with Gasteiger partial charge in [0.15, 0.2) is 12.4 Å². The minimum Gasteiger partial charge on any atom is -0.457 e. The predicted molar refractivity (Wildman–Crippen MR) is 106 cm³/mol. The molecule has 0 saturated heterocycles. The number of fused-ring (bicyclic) bond motifs is 1. The van der Waals surface area contributed by atoms with Crippen molar-refractivity contribution in [1.29, 1.82) is 0 Å². The highest BCUT2D eigenvalue weighted by atomic mass is 32.1. The van der Waals surface area contributed by atoms with Crippen molar-refractivity contribution in [2.45, 2.75) is 33.1 Å². The number of benzene rings is 1. The van der Waals surface area contributed by atoms with Crippen LogP contribution < -0.4 is 0 Å². The lowest BCUT2D eigenvalue weighted by Crippen LogP contribution is -2.14. The number of aromatic amines is 1. The lowest BCUT2D eigenvalue weighted by atomic mass is 10.1. The van der Waals surface area contributed by atoms with Gasteiger partial charge in [-0.05, 0) is 31.0 Å². The van der Waals surface area contributed by atoms with Crippen molar-refractivity contribution in [2.24, 2.45) is 0 Å². The molecule has 5 nitrogen and oxygen atoms in total. The highest BCUT2D eigenvalue weighted by Crippen LogP contribution is 2.23. The van der Waals surface area contributed by atoms with Gasteiger partial charge in [0.2, 0.25) is 5.78 Å². The zero-order valence-electron chi connectivity index (χ0n) is 15.3. The average Bonchev–Trinajstić information content (AvgIpc) is 3.30. The number of hydrogen-bond acceptors (Lipinski definition) is 5. The molecule has 0 atom stereocenters. The van der Waals surface area contributed by atoms with Crippen molar-refractivity contribution in [3.05, 3.63) is 57.4 Å². The minimum atomic E-state index is -0.543. The molecule has 1 aromatic carbocycles. The van der Waals surface area contributed by atoms with Crippen LogP contribution in [-0.4, -0.2) is 29.1 Å². The zero-order chi connectivity index (χ0) is 19.4. The van der Waals surface area contributed by atoms with Gasteiger partial charge in [0.25, 0.3) is 0 Å². The van der Waals surface area contributed by atoms with Crippen LogP contribution in [0.4, 0.5) is 0 Å². The van der Waals surface area contributed by atoms with E-state index in [9.17, 15) is 14.4 Å². The maximum Gasteiger partial charge on any atom is 0.306 e. The van der Waals surface area contributed by atoms with Crippen molar-refractivity contribution in [3.63, 3.8) is 0 Å². The SMILES string of the molecule is CCc1cccc2c(C(=O)COC(=O)CCC(=O)c3ccc(C)s3)c[nH]c12. The fraction of sp³-hybridized carbons (Fsp3) is 0.286. The number of H-pyrrole nitrogens is 1. The van der Waals surface area contributed by atoms with Gasteiger partial charge in [-0.2, -0.15) is 0 Å². The molecule has 1 N–H and O–H groups in total. The summed E-state index contributed by atoms with van der Waals surface area (Å²) in [4.78, 5) is 41.2. The summed E-state index contributed by atoms with van der Waals surface area (Å²) in [6.45, 7) is 3.65. The van der Waals surface area contributed by atoms with Crippen molar-refractivity contribution in [3.8, 4) is 0 Å². The molecular formula is C21H21NO4S. The molecule has 0 fully saturated rings. The second-order valence-corrected chi connectivity index (χ2v) is 7.60. The summed E-state index contributed by atoms with van der Waals surface area (Å²) < 4.78 is 5.07. The van der Waals surface area contributed by atoms with Gasteiger partial charge >= 0.3 is 5.97 Å². The molecule has 0 spiro atoms. The Morgan fingerprint density at radius 3 is 2.59 bits per heavy atom. The van der Waals surface area contributed by atoms with Crippen molar-refractivity contribution in [2.75, 3.05) is 6.61 Å². The third kappa shape index (κ3) is 4.34. The van der Waals surface area contributed by atoms with E-state index in [1.54, 1.807) is 12.3 Å². The normalized spacial score (nSPS) is 10.9. The Bertz CT molecular complexity index is 999. The van der Waals surface area contributed by atoms with Crippen molar-refractivity contribution >= 4 is 39.8 Å². The van der Waals surface area contributed by atoms with Gasteiger partial charge in [-0.15, -0.1) is 11.3 Å². The Kier molecular flexibility index (Phi) is 5.86. The van der Waals surface area contributed by atoms with Crippen molar-refractivity contribution < 1.29 is 19.1 Å². The van der Waals surface area contributed by atoms with Gasteiger partial charge in [-0.3, -0.25) is 14.4 Å². The molecule has 2 aromatic heterocycles. The van der Waals surface area contributed by atoms with E-state index in [0.717, 1.165) is 27.8 Å². The maximum absolute atomic E-state index is 12.4. The van der Waals surface area contributed by atoms with E-state index in [-0.39, 0.29) is 31.0 Å². The van der Waals surface area contributed by atoms with E-state index in [1.807, 2.05) is 31.2 Å². The van der Waals surface area contributed by atoms with E-state index in [0.29, 0.717) is 10.4 Å². The molecule has 27 heavy (non-hydrogen) atoms. The fourth-order valence-electron chi connectivity index (χ4n) is 2.96. The summed E-state index contributed by atoms with van der Waals surface area (Å²) in [7, 11) is 0. The second kappa shape index (κ2) is 8.31. The number of para-hydroxylation sites is 1. The number of carbonyl (C=O) groups is 3. The Hall–Kier alpha value is -2.73. The quantitative estimate of drug-likeness (QED) is 0.459. The van der Waals surface area contributed by atoms with Gasteiger partial charge < -0.3 is 9.72 Å². The Balaban J connectivity index is 1.54. The number of ether oxygens (including phenoxy) is 1. The molecule has 0 saturated carbocycles. The van der Waals surface area contributed by atoms with Crippen LogP contribution in [0.15, 0.2) is 36.5 Å². The third-order valence-corrected chi connectivity index (χ3v) is 5.46. The van der Waals surface area contributed by atoms with Gasteiger partial charge in [0, 0.05) is 34.0 Å². The number of nitrogens with one attached hydrogen (secondary N) is 1. The maximum atomic E-state index is 12.4. The van der Waals surface area contributed by atoms with Gasteiger partial charge in [-0.25, -0.2) is 0 Å². The summed E-state index contributed by atoms with van der Waals surface area (Å²) in [5, 5.41) is 0.832. The number of aromatic nitrogens is 1. The van der Waals surface area contributed by atoms with Crippen LogP contribution in [0, 0.1) is 6.92 Å². The summed E-state index contributed by atoms with van der Waals surface area (Å²) >= 11 is 1.41. The number of ketones is 2. The Morgan fingerprint density at radius 1 is 1.07 bits per heavy atom.